The van der Waals surface area contributed by atoms with Gasteiger partial charge in [0.1, 0.15) is 0 Å². The molecule has 58 valence electrons. The molecule has 0 radical (unpaired) electrons. The Morgan fingerprint density at radius 1 is 1.00 bits per heavy atom. The van der Waals surface area contributed by atoms with E-state index in [2.05, 4.69) is 9.47 Å². The van der Waals surface area contributed by atoms with E-state index in [0.717, 1.165) is 0 Å². The van der Waals surface area contributed by atoms with Crippen LogP contribution in [0.2, 0.25) is 0 Å². The van der Waals surface area contributed by atoms with Crippen molar-refractivity contribution >= 4 is 11.9 Å². The van der Waals surface area contributed by atoms with Crippen LogP contribution in [-0.4, -0.2) is 25.2 Å². The van der Waals surface area contributed by atoms with Crippen molar-refractivity contribution in [2.75, 3.05) is 13.2 Å². The van der Waals surface area contributed by atoms with E-state index in [0.29, 0.717) is 0 Å². The smallest absolute Gasteiger partial charge is 0.417 e. The molecule has 4 nitrogen and oxygen atoms in total. The molecular weight excluding hydrogens is 135 g/mol. The van der Waals surface area contributed by atoms with Gasteiger partial charge in [0.25, 0.3) is 0 Å². The Hall–Kier alpha value is -1.06. The monoisotopic (exact) mass is 145 g/mol. The van der Waals surface area contributed by atoms with E-state index in [1.807, 2.05) is 0 Å². The first-order valence-electron chi connectivity index (χ1n) is 3.06. The van der Waals surface area contributed by atoms with Crippen molar-refractivity contribution in [2.45, 2.75) is 13.8 Å². The molecule has 0 spiro atoms. The quantitative estimate of drug-likeness (QED) is 0.409. The molecule has 0 N–H and O–H groups in total. The molecule has 0 aliphatic heterocycles. The van der Waals surface area contributed by atoms with Crippen molar-refractivity contribution in [3.63, 3.8) is 0 Å². The summed E-state index contributed by atoms with van der Waals surface area (Å²) in [6.45, 7) is 3.63. The summed E-state index contributed by atoms with van der Waals surface area (Å²) in [6, 6.07) is 0. The van der Waals surface area contributed by atoms with Gasteiger partial charge >= 0.3 is 11.9 Å². The molecule has 0 rings (SSSR count). The second-order valence-corrected chi connectivity index (χ2v) is 1.44. The van der Waals surface area contributed by atoms with Crippen LogP contribution in [0.4, 0.5) is 0 Å². The van der Waals surface area contributed by atoms with Gasteiger partial charge in [-0.1, -0.05) is 0 Å². The van der Waals surface area contributed by atoms with Gasteiger partial charge < -0.3 is 9.47 Å². The summed E-state index contributed by atoms with van der Waals surface area (Å²) in [7, 11) is 0. The standard InChI is InChI=1S/C6H10O4/c1-3-9-5(7)6(8)10-4-2/h3-4H2,1-2H3/i5-1. The third-order valence-corrected chi connectivity index (χ3v) is 0.718. The van der Waals surface area contributed by atoms with Gasteiger partial charge in [0.05, 0.1) is 13.2 Å². The van der Waals surface area contributed by atoms with Crippen LogP contribution in [0.15, 0.2) is 0 Å². The lowest BCUT2D eigenvalue weighted by molar-refractivity contribution is -0.167. The first kappa shape index (κ1) is 8.94. The van der Waals surface area contributed by atoms with Crippen LogP contribution >= 0.6 is 0 Å². The largest absolute Gasteiger partial charge is 0.458 e. The lowest BCUT2D eigenvalue weighted by Crippen LogP contribution is -2.19. The molecule has 10 heavy (non-hydrogen) atoms. The van der Waals surface area contributed by atoms with Crippen molar-refractivity contribution in [3.8, 4) is 0 Å². The van der Waals surface area contributed by atoms with E-state index in [1.165, 1.54) is 0 Å². The van der Waals surface area contributed by atoms with Crippen molar-refractivity contribution in [1.29, 1.82) is 0 Å². The molecule has 0 fully saturated rings. The summed E-state index contributed by atoms with van der Waals surface area (Å²) in [5.74, 6) is -1.85. The first-order chi connectivity index (χ1) is 4.72. The van der Waals surface area contributed by atoms with Gasteiger partial charge in [-0.15, -0.1) is 0 Å². The minimum absolute atomic E-state index is 0.192. The molecule has 0 aromatic carbocycles. The molecule has 0 saturated heterocycles. The maximum atomic E-state index is 10.4. The van der Waals surface area contributed by atoms with Gasteiger partial charge in [0, 0.05) is 0 Å². The highest BCUT2D eigenvalue weighted by Crippen LogP contribution is 1.82. The summed E-state index contributed by atoms with van der Waals surface area (Å²) in [6.07, 6.45) is 0. The van der Waals surface area contributed by atoms with Crippen LogP contribution in [0, 0.1) is 0 Å². The topological polar surface area (TPSA) is 52.6 Å². The molecular formula is C6H10O4. The molecule has 0 amide bonds. The number of hydrogen-bond acceptors (Lipinski definition) is 4. The molecule has 0 bridgehead atoms. The second-order valence-electron chi connectivity index (χ2n) is 1.44. The summed E-state index contributed by atoms with van der Waals surface area (Å²) in [5.41, 5.74) is 0. The SMILES string of the molecule is CCOC(=O)[11C](=O)OCC. The van der Waals surface area contributed by atoms with Gasteiger partial charge in [-0.2, -0.15) is 0 Å². The molecule has 0 saturated carbocycles. The van der Waals surface area contributed by atoms with Gasteiger partial charge in [0.2, 0.25) is 0 Å². The Morgan fingerprint density at radius 2 is 1.30 bits per heavy atom. The van der Waals surface area contributed by atoms with Crippen LogP contribution in [0.1, 0.15) is 13.8 Å². The van der Waals surface area contributed by atoms with Gasteiger partial charge in [-0.25, -0.2) is 9.59 Å². The molecule has 0 aromatic heterocycles. The molecule has 4 heteroatoms. The highest BCUT2D eigenvalue weighted by molar-refractivity contribution is 6.29. The first-order valence-corrected chi connectivity index (χ1v) is 3.06. The number of carbonyl (C=O) groups excluding carboxylic acids is 2. The van der Waals surface area contributed by atoms with Crippen LogP contribution in [0.25, 0.3) is 0 Å². The van der Waals surface area contributed by atoms with E-state index in [1.54, 1.807) is 13.8 Å². The van der Waals surface area contributed by atoms with Crippen molar-refractivity contribution < 1.29 is 19.1 Å². The zero-order valence-electron chi connectivity index (χ0n) is 6.05. The summed E-state index contributed by atoms with van der Waals surface area (Å²) >= 11 is 0. The lowest BCUT2D eigenvalue weighted by atomic mass is 10.1. The maximum Gasteiger partial charge on any atom is 0.417 e. The number of rotatable bonds is 2. The van der Waals surface area contributed by atoms with Crippen LogP contribution in [0.5, 0.6) is 0 Å². The summed E-state index contributed by atoms with van der Waals surface area (Å²) in [4.78, 5) is 20.9. The molecule has 0 aromatic rings. The Bertz CT molecular complexity index is 114. The fourth-order valence-corrected chi connectivity index (χ4v) is 0.380. The van der Waals surface area contributed by atoms with E-state index >= 15 is 0 Å². The lowest BCUT2D eigenvalue weighted by Gasteiger charge is -1.99. The van der Waals surface area contributed by atoms with Crippen LogP contribution in [-0.2, 0) is 19.1 Å². The number of carbonyl (C=O) groups is 2. The highest BCUT2D eigenvalue weighted by atomic mass is 16.6. The summed E-state index contributed by atoms with van der Waals surface area (Å²) in [5, 5.41) is 0. The number of esters is 2. The normalized spacial score (nSPS) is 8.60. The predicted octanol–water partition coefficient (Wildman–Crippen LogP) is 0.113. The van der Waals surface area contributed by atoms with E-state index in [-0.39, 0.29) is 13.2 Å². The number of hydrogen-bond donors (Lipinski definition) is 0. The molecule has 0 heterocycles. The van der Waals surface area contributed by atoms with Crippen molar-refractivity contribution in [2.24, 2.45) is 0 Å². The van der Waals surface area contributed by atoms with E-state index in [9.17, 15) is 9.59 Å². The van der Waals surface area contributed by atoms with Crippen LogP contribution < -0.4 is 0 Å². The Balaban J connectivity index is 3.60. The Labute approximate surface area is 59.1 Å². The van der Waals surface area contributed by atoms with Gasteiger partial charge in [-0.05, 0) is 13.8 Å². The van der Waals surface area contributed by atoms with Gasteiger partial charge in [0.15, 0.2) is 0 Å². The van der Waals surface area contributed by atoms with Crippen molar-refractivity contribution in [1.82, 2.24) is 0 Å². The molecule has 0 aliphatic rings. The maximum absolute atomic E-state index is 10.4. The van der Waals surface area contributed by atoms with E-state index < -0.39 is 11.9 Å². The fraction of sp³-hybridized carbons (Fsp3) is 0.667. The Kier molecular flexibility index (Phi) is 4.28. The zero-order chi connectivity index (χ0) is 7.98. The van der Waals surface area contributed by atoms with Crippen LogP contribution in [0.3, 0.4) is 0 Å². The van der Waals surface area contributed by atoms with E-state index in [4.69, 9.17) is 0 Å². The minimum atomic E-state index is -0.927. The third kappa shape index (κ3) is 3.06. The second kappa shape index (κ2) is 4.78. The average Bonchev–Trinajstić information content (AvgIpc) is 1.89. The predicted molar refractivity (Wildman–Crippen MR) is 33.3 cm³/mol. The fourth-order valence-electron chi connectivity index (χ4n) is 0.380. The zero-order valence-corrected chi connectivity index (χ0v) is 6.05. The number of ether oxygens (including phenoxy) is 2. The Morgan fingerprint density at radius 3 is 1.50 bits per heavy atom. The summed E-state index contributed by atoms with van der Waals surface area (Å²) < 4.78 is 8.69. The highest BCUT2D eigenvalue weighted by Gasteiger charge is 2.14. The molecule has 0 atom stereocenters. The third-order valence-electron chi connectivity index (χ3n) is 0.718. The van der Waals surface area contributed by atoms with Gasteiger partial charge in [-0.3, -0.25) is 0 Å². The average molecular weight is 145 g/mol. The molecule has 0 aliphatic carbocycles. The van der Waals surface area contributed by atoms with Crippen molar-refractivity contribution in [3.05, 3.63) is 0 Å². The molecule has 0 unspecified atom stereocenters. The minimum Gasteiger partial charge on any atom is -0.458 e.